The molecule has 0 saturated carbocycles. The Morgan fingerprint density at radius 2 is 2.19 bits per heavy atom. The van der Waals surface area contributed by atoms with Crippen LogP contribution in [0.2, 0.25) is 4.34 Å². The fraction of sp³-hybridized carbons (Fsp3) is 0.312. The van der Waals surface area contributed by atoms with Gasteiger partial charge in [0.25, 0.3) is 0 Å². The average Bonchev–Trinajstić information content (AvgIpc) is 2.92. The van der Waals surface area contributed by atoms with E-state index in [0.29, 0.717) is 13.1 Å². The second-order valence-electron chi connectivity index (χ2n) is 5.19. The predicted octanol–water partition coefficient (Wildman–Crippen LogP) is 3.34. The summed E-state index contributed by atoms with van der Waals surface area (Å²) in [6, 6.07) is 12.1. The number of thiophene rings is 1. The number of carbonyl (C=O) groups excluding carboxylic acids is 1. The lowest BCUT2D eigenvalue weighted by atomic mass is 9.93. The zero-order valence-corrected chi connectivity index (χ0v) is 13.1. The third-order valence-electron chi connectivity index (χ3n) is 3.69. The standard InChI is InChI=1S/C16H17ClN2OS/c17-15-6-5-13(21-15)7-8-18-16(20)12-9-11-3-1-2-4-14(11)19-10-12/h1-6,12,19H,7-10H2,(H,18,20). The first-order valence-electron chi connectivity index (χ1n) is 7.06. The summed E-state index contributed by atoms with van der Waals surface area (Å²) in [4.78, 5) is 13.4. The largest absolute Gasteiger partial charge is 0.384 e. The minimum absolute atomic E-state index is 0.00632. The topological polar surface area (TPSA) is 41.1 Å². The van der Waals surface area contributed by atoms with Gasteiger partial charge < -0.3 is 10.6 Å². The summed E-state index contributed by atoms with van der Waals surface area (Å²) in [6.07, 6.45) is 1.64. The molecule has 1 amide bonds. The van der Waals surface area contributed by atoms with Crippen LogP contribution in [-0.4, -0.2) is 19.0 Å². The van der Waals surface area contributed by atoms with Gasteiger partial charge in [-0.25, -0.2) is 0 Å². The summed E-state index contributed by atoms with van der Waals surface area (Å²) in [5.41, 5.74) is 2.36. The molecular weight excluding hydrogens is 304 g/mol. The van der Waals surface area contributed by atoms with Crippen molar-refractivity contribution in [3.63, 3.8) is 0 Å². The lowest BCUT2D eigenvalue weighted by molar-refractivity contribution is -0.124. The first kappa shape index (κ1) is 14.4. The van der Waals surface area contributed by atoms with Gasteiger partial charge in [0.05, 0.1) is 10.3 Å². The number of hydrogen-bond donors (Lipinski definition) is 2. The Bertz CT molecular complexity index is 641. The van der Waals surface area contributed by atoms with Crippen LogP contribution in [0.25, 0.3) is 0 Å². The van der Waals surface area contributed by atoms with E-state index < -0.39 is 0 Å². The van der Waals surface area contributed by atoms with E-state index in [1.165, 1.54) is 10.4 Å². The quantitative estimate of drug-likeness (QED) is 0.907. The van der Waals surface area contributed by atoms with Gasteiger partial charge in [-0.1, -0.05) is 29.8 Å². The molecule has 0 radical (unpaired) electrons. The van der Waals surface area contributed by atoms with Crippen molar-refractivity contribution >= 4 is 34.5 Å². The third-order valence-corrected chi connectivity index (χ3v) is 4.98. The van der Waals surface area contributed by atoms with Crippen LogP contribution in [-0.2, 0) is 17.6 Å². The molecule has 21 heavy (non-hydrogen) atoms. The summed E-state index contributed by atoms with van der Waals surface area (Å²) in [6.45, 7) is 1.36. The number of halogens is 1. The Morgan fingerprint density at radius 3 is 3.00 bits per heavy atom. The van der Waals surface area contributed by atoms with Crippen LogP contribution in [0.3, 0.4) is 0 Å². The second kappa shape index (κ2) is 6.50. The molecule has 1 atom stereocenters. The van der Waals surface area contributed by atoms with Gasteiger partial charge in [-0.3, -0.25) is 4.79 Å². The lowest BCUT2D eigenvalue weighted by Gasteiger charge is -2.25. The molecule has 110 valence electrons. The molecular formula is C16H17ClN2OS. The molecule has 0 bridgehead atoms. The van der Waals surface area contributed by atoms with E-state index in [1.807, 2.05) is 24.3 Å². The maximum Gasteiger partial charge on any atom is 0.225 e. The van der Waals surface area contributed by atoms with Crippen molar-refractivity contribution < 1.29 is 4.79 Å². The molecule has 1 unspecified atom stereocenters. The van der Waals surface area contributed by atoms with Crippen LogP contribution in [0.15, 0.2) is 36.4 Å². The number of rotatable bonds is 4. The van der Waals surface area contributed by atoms with Crippen LogP contribution < -0.4 is 10.6 Å². The van der Waals surface area contributed by atoms with E-state index in [1.54, 1.807) is 11.3 Å². The molecule has 3 rings (SSSR count). The van der Waals surface area contributed by atoms with Gasteiger partial charge in [0.15, 0.2) is 0 Å². The molecule has 0 spiro atoms. The van der Waals surface area contributed by atoms with E-state index in [-0.39, 0.29) is 11.8 Å². The fourth-order valence-corrected chi connectivity index (χ4v) is 3.65. The number of carbonyl (C=O) groups is 1. The van der Waals surface area contributed by atoms with Crippen molar-refractivity contribution in [2.24, 2.45) is 5.92 Å². The maximum atomic E-state index is 12.2. The summed E-state index contributed by atoms with van der Waals surface area (Å²) in [7, 11) is 0. The van der Waals surface area contributed by atoms with Crippen molar-refractivity contribution in [1.82, 2.24) is 5.32 Å². The first-order valence-corrected chi connectivity index (χ1v) is 8.25. The highest BCUT2D eigenvalue weighted by Crippen LogP contribution is 2.24. The molecule has 3 nitrogen and oxygen atoms in total. The minimum atomic E-state index is 0.00632. The van der Waals surface area contributed by atoms with Crippen molar-refractivity contribution in [3.8, 4) is 0 Å². The predicted molar refractivity (Wildman–Crippen MR) is 88.2 cm³/mol. The minimum Gasteiger partial charge on any atom is -0.384 e. The summed E-state index contributed by atoms with van der Waals surface area (Å²) in [5, 5.41) is 6.35. The number of hydrogen-bond acceptors (Lipinski definition) is 3. The number of fused-ring (bicyclic) bond motifs is 1. The molecule has 0 fully saturated rings. The van der Waals surface area contributed by atoms with Crippen molar-refractivity contribution in [3.05, 3.63) is 51.2 Å². The Hall–Kier alpha value is -1.52. The molecule has 2 heterocycles. The highest BCUT2D eigenvalue weighted by molar-refractivity contribution is 7.16. The fourth-order valence-electron chi connectivity index (χ4n) is 2.57. The normalized spacial score (nSPS) is 16.9. The van der Waals surface area contributed by atoms with Gasteiger partial charge in [0.2, 0.25) is 5.91 Å². The molecule has 1 aliphatic heterocycles. The highest BCUT2D eigenvalue weighted by atomic mass is 35.5. The lowest BCUT2D eigenvalue weighted by Crippen LogP contribution is -2.38. The van der Waals surface area contributed by atoms with Crippen molar-refractivity contribution in [1.29, 1.82) is 0 Å². The van der Waals surface area contributed by atoms with Crippen molar-refractivity contribution in [2.45, 2.75) is 12.8 Å². The number of benzene rings is 1. The van der Waals surface area contributed by atoms with Gasteiger partial charge in [-0.2, -0.15) is 0 Å². The number of amides is 1. The molecule has 0 saturated heterocycles. The Morgan fingerprint density at radius 1 is 1.33 bits per heavy atom. The number of para-hydroxylation sites is 1. The first-order chi connectivity index (χ1) is 10.2. The van der Waals surface area contributed by atoms with Crippen LogP contribution in [0.1, 0.15) is 10.4 Å². The molecule has 0 aliphatic carbocycles. The smallest absolute Gasteiger partial charge is 0.225 e. The highest BCUT2D eigenvalue weighted by Gasteiger charge is 2.23. The van der Waals surface area contributed by atoms with Crippen LogP contribution in [0.5, 0.6) is 0 Å². The summed E-state index contributed by atoms with van der Waals surface area (Å²) >= 11 is 7.46. The zero-order valence-electron chi connectivity index (χ0n) is 11.6. The maximum absolute atomic E-state index is 12.2. The SMILES string of the molecule is O=C(NCCc1ccc(Cl)s1)C1CNc2ccccc2C1. The molecule has 1 aliphatic rings. The zero-order chi connectivity index (χ0) is 14.7. The van der Waals surface area contributed by atoms with Crippen molar-refractivity contribution in [2.75, 3.05) is 18.4 Å². The van der Waals surface area contributed by atoms with Gasteiger partial charge in [-0.05, 0) is 36.6 Å². The average molecular weight is 321 g/mol. The Labute approximate surface area is 133 Å². The van der Waals surface area contributed by atoms with Crippen LogP contribution in [0, 0.1) is 5.92 Å². The summed E-state index contributed by atoms with van der Waals surface area (Å²) < 4.78 is 0.796. The molecule has 2 aromatic rings. The van der Waals surface area contributed by atoms with Gasteiger partial charge >= 0.3 is 0 Å². The van der Waals surface area contributed by atoms with Crippen LogP contribution >= 0.6 is 22.9 Å². The molecule has 2 N–H and O–H groups in total. The summed E-state index contributed by atoms with van der Waals surface area (Å²) in [5.74, 6) is 0.131. The third kappa shape index (κ3) is 3.57. The molecule has 1 aromatic carbocycles. The van der Waals surface area contributed by atoms with Gasteiger partial charge in [-0.15, -0.1) is 11.3 Å². The van der Waals surface area contributed by atoms with E-state index in [4.69, 9.17) is 11.6 Å². The van der Waals surface area contributed by atoms with Gasteiger partial charge in [0.1, 0.15) is 0 Å². The Balaban J connectivity index is 1.50. The Kier molecular flexibility index (Phi) is 4.46. The molecule has 5 heteroatoms. The number of anilines is 1. The molecule has 1 aromatic heterocycles. The second-order valence-corrected chi connectivity index (χ2v) is 6.99. The monoisotopic (exact) mass is 320 g/mol. The van der Waals surface area contributed by atoms with Gasteiger partial charge in [0, 0.05) is 23.7 Å². The van der Waals surface area contributed by atoms with E-state index in [0.717, 1.165) is 22.9 Å². The van der Waals surface area contributed by atoms with E-state index >= 15 is 0 Å². The van der Waals surface area contributed by atoms with E-state index in [2.05, 4.69) is 22.8 Å². The number of nitrogens with one attached hydrogen (secondary N) is 2. The van der Waals surface area contributed by atoms with E-state index in [9.17, 15) is 4.79 Å². The van der Waals surface area contributed by atoms with Crippen LogP contribution in [0.4, 0.5) is 5.69 Å².